The van der Waals surface area contributed by atoms with Gasteiger partial charge in [0.15, 0.2) is 0 Å². The van der Waals surface area contributed by atoms with Crippen molar-refractivity contribution in [2.75, 3.05) is 0 Å². The summed E-state index contributed by atoms with van der Waals surface area (Å²) in [6.07, 6.45) is 3.22. The molecule has 0 bridgehead atoms. The van der Waals surface area contributed by atoms with E-state index in [1.807, 2.05) is 0 Å². The number of amides is 1. The van der Waals surface area contributed by atoms with E-state index in [9.17, 15) is 9.18 Å². The molecule has 1 aliphatic carbocycles. The molecule has 1 aromatic carbocycles. The van der Waals surface area contributed by atoms with Gasteiger partial charge in [-0.3, -0.25) is 4.79 Å². The van der Waals surface area contributed by atoms with Gasteiger partial charge in [0.25, 0.3) is 5.91 Å². The number of benzene rings is 1. The average Bonchev–Trinajstić information content (AvgIpc) is 2.65. The third kappa shape index (κ3) is 2.61. The summed E-state index contributed by atoms with van der Waals surface area (Å²) in [6.45, 7) is 0. The van der Waals surface area contributed by atoms with E-state index in [1.165, 1.54) is 24.3 Å². The Labute approximate surface area is 102 Å². The molecule has 0 radical (unpaired) electrons. The van der Waals surface area contributed by atoms with Crippen LogP contribution in [0.1, 0.15) is 29.6 Å². The van der Waals surface area contributed by atoms with Gasteiger partial charge >= 0.3 is 0 Å². The maximum atomic E-state index is 12.7. The van der Waals surface area contributed by atoms with Crippen molar-refractivity contribution in [1.82, 2.24) is 5.32 Å². The highest BCUT2D eigenvalue weighted by Gasteiger charge is 2.26. The van der Waals surface area contributed by atoms with Crippen LogP contribution in [0.3, 0.4) is 0 Å². The summed E-state index contributed by atoms with van der Waals surface area (Å²) >= 11 is 3.54. The van der Waals surface area contributed by atoms with Gasteiger partial charge in [0.05, 0.1) is 0 Å². The largest absolute Gasteiger partial charge is 0.348 e. The fourth-order valence-corrected chi connectivity index (χ4v) is 2.65. The van der Waals surface area contributed by atoms with Crippen molar-refractivity contribution in [3.8, 4) is 0 Å². The van der Waals surface area contributed by atoms with Crippen molar-refractivity contribution in [2.24, 2.45) is 0 Å². The molecule has 2 unspecified atom stereocenters. The Hall–Kier alpha value is -0.900. The number of hydrogen-bond acceptors (Lipinski definition) is 1. The Bertz CT molecular complexity index is 379. The molecule has 1 saturated carbocycles. The zero-order chi connectivity index (χ0) is 11.5. The molecule has 1 N–H and O–H groups in total. The smallest absolute Gasteiger partial charge is 0.251 e. The van der Waals surface area contributed by atoms with Gasteiger partial charge in [-0.2, -0.15) is 0 Å². The average molecular weight is 286 g/mol. The lowest BCUT2D eigenvalue weighted by Gasteiger charge is -2.15. The highest BCUT2D eigenvalue weighted by Crippen LogP contribution is 2.25. The van der Waals surface area contributed by atoms with Gasteiger partial charge in [0.2, 0.25) is 0 Å². The number of hydrogen-bond donors (Lipinski definition) is 1. The summed E-state index contributed by atoms with van der Waals surface area (Å²) in [6, 6.07) is 5.80. The molecule has 1 fully saturated rings. The second-order valence-corrected chi connectivity index (χ2v) is 5.21. The molecule has 2 nitrogen and oxygen atoms in total. The fraction of sp³-hybridized carbons (Fsp3) is 0.417. The number of alkyl halides is 1. The lowest BCUT2D eigenvalue weighted by Crippen LogP contribution is -2.37. The van der Waals surface area contributed by atoms with Crippen molar-refractivity contribution in [3.05, 3.63) is 35.6 Å². The Balaban J connectivity index is 2.00. The highest BCUT2D eigenvalue weighted by molar-refractivity contribution is 9.09. The summed E-state index contributed by atoms with van der Waals surface area (Å²) < 4.78 is 12.7. The predicted octanol–water partition coefficient (Wildman–Crippen LogP) is 2.87. The van der Waals surface area contributed by atoms with Gasteiger partial charge in [0, 0.05) is 16.4 Å². The second-order valence-electron chi connectivity index (χ2n) is 4.03. The maximum absolute atomic E-state index is 12.7. The summed E-state index contributed by atoms with van der Waals surface area (Å²) in [5, 5.41) is 2.96. The van der Waals surface area contributed by atoms with Crippen molar-refractivity contribution in [3.63, 3.8) is 0 Å². The van der Waals surface area contributed by atoms with Crippen LogP contribution in [0.25, 0.3) is 0 Å². The SMILES string of the molecule is O=C(NC1CCCC1Br)c1ccc(F)cc1. The number of halogens is 2. The number of nitrogens with one attached hydrogen (secondary N) is 1. The van der Waals surface area contributed by atoms with E-state index in [0.717, 1.165) is 19.3 Å². The highest BCUT2D eigenvalue weighted by atomic mass is 79.9. The monoisotopic (exact) mass is 285 g/mol. The summed E-state index contributed by atoms with van der Waals surface area (Å²) in [7, 11) is 0. The zero-order valence-electron chi connectivity index (χ0n) is 8.75. The molecular weight excluding hydrogens is 273 g/mol. The molecule has 2 atom stereocenters. The first-order chi connectivity index (χ1) is 7.66. The molecule has 4 heteroatoms. The van der Waals surface area contributed by atoms with Crippen molar-refractivity contribution >= 4 is 21.8 Å². The van der Waals surface area contributed by atoms with Crippen molar-refractivity contribution < 1.29 is 9.18 Å². The van der Waals surface area contributed by atoms with Crippen LogP contribution in [0, 0.1) is 5.82 Å². The van der Waals surface area contributed by atoms with E-state index >= 15 is 0 Å². The summed E-state index contributed by atoms with van der Waals surface area (Å²) in [4.78, 5) is 12.2. The standard InChI is InChI=1S/C12H13BrFNO/c13-10-2-1-3-11(10)15-12(16)8-4-6-9(14)7-5-8/h4-7,10-11H,1-3H2,(H,15,16). The first-order valence-corrected chi connectivity index (χ1v) is 6.29. The van der Waals surface area contributed by atoms with E-state index in [4.69, 9.17) is 0 Å². The van der Waals surface area contributed by atoms with Gasteiger partial charge in [-0.15, -0.1) is 0 Å². The lowest BCUT2D eigenvalue weighted by molar-refractivity contribution is 0.0939. The van der Waals surface area contributed by atoms with Crippen LogP contribution in [-0.2, 0) is 0 Å². The van der Waals surface area contributed by atoms with Gasteiger partial charge in [0.1, 0.15) is 5.82 Å². The molecule has 0 spiro atoms. The third-order valence-electron chi connectivity index (χ3n) is 2.85. The summed E-state index contributed by atoms with van der Waals surface area (Å²) in [5.41, 5.74) is 0.507. The Kier molecular flexibility index (Phi) is 3.59. The van der Waals surface area contributed by atoms with Crippen molar-refractivity contribution in [1.29, 1.82) is 0 Å². The van der Waals surface area contributed by atoms with Crippen LogP contribution in [0.4, 0.5) is 4.39 Å². The molecule has 0 aliphatic heterocycles. The number of carbonyl (C=O) groups excluding carboxylic acids is 1. The van der Waals surface area contributed by atoms with Crippen LogP contribution >= 0.6 is 15.9 Å². The van der Waals surface area contributed by atoms with E-state index in [-0.39, 0.29) is 17.8 Å². The quantitative estimate of drug-likeness (QED) is 0.832. The van der Waals surface area contributed by atoms with Crippen LogP contribution in [0.5, 0.6) is 0 Å². The minimum absolute atomic E-state index is 0.128. The molecule has 1 amide bonds. The van der Waals surface area contributed by atoms with E-state index in [0.29, 0.717) is 10.4 Å². The van der Waals surface area contributed by atoms with Crippen LogP contribution in [0.15, 0.2) is 24.3 Å². The number of carbonyl (C=O) groups is 1. The molecule has 1 aliphatic rings. The normalized spacial score (nSPS) is 24.4. The van der Waals surface area contributed by atoms with Crippen molar-refractivity contribution in [2.45, 2.75) is 30.1 Å². The fourth-order valence-electron chi connectivity index (χ4n) is 1.93. The minimum Gasteiger partial charge on any atom is -0.348 e. The van der Waals surface area contributed by atoms with Gasteiger partial charge in [-0.25, -0.2) is 4.39 Å². The minimum atomic E-state index is -0.323. The topological polar surface area (TPSA) is 29.1 Å². The Morgan fingerprint density at radius 3 is 2.56 bits per heavy atom. The third-order valence-corrected chi connectivity index (χ3v) is 3.95. The Morgan fingerprint density at radius 2 is 2.00 bits per heavy atom. The molecule has 0 saturated heterocycles. The molecule has 0 aromatic heterocycles. The van der Waals surface area contributed by atoms with Gasteiger partial charge in [-0.1, -0.05) is 22.4 Å². The molecule has 0 heterocycles. The molecule has 1 aromatic rings. The zero-order valence-corrected chi connectivity index (χ0v) is 10.3. The van der Waals surface area contributed by atoms with Gasteiger partial charge < -0.3 is 5.32 Å². The van der Waals surface area contributed by atoms with E-state index in [2.05, 4.69) is 21.2 Å². The lowest BCUT2D eigenvalue weighted by atomic mass is 10.2. The molecule has 86 valence electrons. The van der Waals surface area contributed by atoms with Crippen LogP contribution in [-0.4, -0.2) is 16.8 Å². The summed E-state index contributed by atoms with van der Waals surface area (Å²) in [5.74, 6) is -0.452. The molecular formula is C12H13BrFNO. The van der Waals surface area contributed by atoms with E-state index < -0.39 is 0 Å². The molecule has 16 heavy (non-hydrogen) atoms. The number of rotatable bonds is 2. The predicted molar refractivity (Wildman–Crippen MR) is 64.2 cm³/mol. The van der Waals surface area contributed by atoms with Crippen LogP contribution < -0.4 is 5.32 Å². The first kappa shape index (κ1) is 11.6. The second kappa shape index (κ2) is 4.95. The maximum Gasteiger partial charge on any atom is 0.251 e. The Morgan fingerprint density at radius 1 is 1.31 bits per heavy atom. The first-order valence-electron chi connectivity index (χ1n) is 5.37. The van der Waals surface area contributed by atoms with Crippen LogP contribution in [0.2, 0.25) is 0 Å². The van der Waals surface area contributed by atoms with E-state index in [1.54, 1.807) is 0 Å². The van der Waals surface area contributed by atoms with Gasteiger partial charge in [-0.05, 0) is 37.1 Å². The molecule has 2 rings (SSSR count).